The van der Waals surface area contributed by atoms with E-state index in [9.17, 15) is 25.9 Å². The topological polar surface area (TPSA) is 159 Å². The second-order valence-electron chi connectivity index (χ2n) is 8.54. The first-order chi connectivity index (χ1) is 17.5. The average Bonchev–Trinajstić information content (AvgIpc) is 3.37. The summed E-state index contributed by atoms with van der Waals surface area (Å²) in [6.45, 7) is 1.97. The standard InChI is InChI=1S/C25H18N2O8S2/c1-13-5-4-7-14-15-9-11-17-16(22(15)27-21(13)14)10-12-19(24(17)34-36(28,29)30)23-25(35-37(31,32)33)18-6-2-3-8-20(18)26-23/h2-12,26-27H,1H3,(H,28,29,30)(H,31,32,33). The highest BCUT2D eigenvalue weighted by Crippen LogP contribution is 2.46. The van der Waals surface area contributed by atoms with Crippen molar-refractivity contribution in [2.45, 2.75) is 6.92 Å². The van der Waals surface area contributed by atoms with Crippen LogP contribution in [0.4, 0.5) is 0 Å². The normalized spacial score (nSPS) is 12.6. The van der Waals surface area contributed by atoms with Gasteiger partial charge in [0.15, 0.2) is 11.5 Å². The molecule has 0 amide bonds. The predicted octanol–water partition coefficient (Wildman–Crippen LogP) is 5.29. The number of aryl methyl sites for hydroxylation is 1. The lowest BCUT2D eigenvalue weighted by molar-refractivity contribution is 0.384. The maximum atomic E-state index is 11.9. The van der Waals surface area contributed by atoms with Gasteiger partial charge in [0.25, 0.3) is 0 Å². The Morgan fingerprint density at radius 2 is 1.22 bits per heavy atom. The Morgan fingerprint density at radius 3 is 1.97 bits per heavy atom. The summed E-state index contributed by atoms with van der Waals surface area (Å²) in [5, 5.41) is 3.12. The minimum absolute atomic E-state index is 0.0203. The molecule has 6 aromatic rings. The maximum Gasteiger partial charge on any atom is 0.446 e. The summed E-state index contributed by atoms with van der Waals surface area (Å²) >= 11 is 0. The van der Waals surface area contributed by atoms with E-state index in [0.717, 1.165) is 27.4 Å². The molecule has 0 unspecified atom stereocenters. The van der Waals surface area contributed by atoms with Gasteiger partial charge in [0.2, 0.25) is 0 Å². The van der Waals surface area contributed by atoms with Gasteiger partial charge in [-0.3, -0.25) is 9.11 Å². The first kappa shape index (κ1) is 23.3. The van der Waals surface area contributed by atoms with Crippen molar-refractivity contribution >= 4 is 64.3 Å². The third-order valence-electron chi connectivity index (χ3n) is 6.27. The Morgan fingerprint density at radius 1 is 0.622 bits per heavy atom. The molecule has 0 saturated heterocycles. The number of para-hydroxylation sites is 2. The molecule has 0 saturated carbocycles. The van der Waals surface area contributed by atoms with Crippen LogP contribution >= 0.6 is 0 Å². The van der Waals surface area contributed by atoms with Crippen molar-refractivity contribution < 1.29 is 34.3 Å². The van der Waals surface area contributed by atoms with E-state index in [-0.39, 0.29) is 22.8 Å². The van der Waals surface area contributed by atoms with E-state index < -0.39 is 20.8 Å². The van der Waals surface area contributed by atoms with Gasteiger partial charge in [-0.1, -0.05) is 42.5 Å². The van der Waals surface area contributed by atoms with E-state index in [1.165, 1.54) is 6.07 Å². The van der Waals surface area contributed by atoms with Gasteiger partial charge in [0.1, 0.15) is 0 Å². The second-order valence-corrected chi connectivity index (χ2v) is 10.6. The fourth-order valence-corrected chi connectivity index (χ4v) is 5.58. The fraction of sp³-hybridized carbons (Fsp3) is 0.0400. The lowest BCUT2D eigenvalue weighted by Crippen LogP contribution is -2.09. The molecule has 12 heteroatoms. The van der Waals surface area contributed by atoms with Gasteiger partial charge in [0, 0.05) is 43.5 Å². The van der Waals surface area contributed by atoms with Gasteiger partial charge < -0.3 is 18.3 Å². The van der Waals surface area contributed by atoms with Crippen molar-refractivity contribution in [1.29, 1.82) is 0 Å². The Kier molecular flexibility index (Phi) is 5.01. The Bertz CT molecular complexity index is 2110. The van der Waals surface area contributed by atoms with E-state index in [1.807, 2.05) is 25.1 Å². The van der Waals surface area contributed by atoms with E-state index in [2.05, 4.69) is 9.97 Å². The highest BCUT2D eigenvalue weighted by molar-refractivity contribution is 7.81. The average molecular weight is 539 g/mol. The maximum absolute atomic E-state index is 11.9. The Balaban J connectivity index is 1.72. The third-order valence-corrected chi connectivity index (χ3v) is 7.02. The molecule has 0 aliphatic heterocycles. The number of nitrogens with one attached hydrogen (secondary N) is 2. The molecule has 2 aromatic heterocycles. The summed E-state index contributed by atoms with van der Waals surface area (Å²) < 4.78 is 76.1. The summed E-state index contributed by atoms with van der Waals surface area (Å²) in [6.07, 6.45) is 0. The Labute approximate surface area is 210 Å². The molecule has 0 aliphatic rings. The van der Waals surface area contributed by atoms with Crippen molar-refractivity contribution in [2.75, 3.05) is 0 Å². The van der Waals surface area contributed by atoms with Crippen LogP contribution < -0.4 is 8.37 Å². The van der Waals surface area contributed by atoms with Crippen LogP contribution in [0.15, 0.2) is 66.7 Å². The van der Waals surface area contributed by atoms with Crippen LogP contribution in [0, 0.1) is 6.92 Å². The molecule has 0 radical (unpaired) electrons. The summed E-state index contributed by atoms with van der Waals surface area (Å²) in [6, 6.07) is 19.1. The molecule has 2 heterocycles. The first-order valence-electron chi connectivity index (χ1n) is 10.9. The van der Waals surface area contributed by atoms with Crippen LogP contribution in [-0.4, -0.2) is 35.9 Å². The number of H-pyrrole nitrogens is 2. The molecule has 188 valence electrons. The van der Waals surface area contributed by atoms with Gasteiger partial charge in [0.05, 0.1) is 11.2 Å². The molecule has 4 aromatic carbocycles. The zero-order valence-electron chi connectivity index (χ0n) is 19.0. The number of aromatic amines is 2. The summed E-state index contributed by atoms with van der Waals surface area (Å²) in [7, 11) is -9.94. The highest BCUT2D eigenvalue weighted by Gasteiger charge is 2.26. The zero-order valence-corrected chi connectivity index (χ0v) is 20.6. The van der Waals surface area contributed by atoms with Crippen molar-refractivity contribution in [1.82, 2.24) is 9.97 Å². The number of benzene rings is 4. The number of hydrogen-bond donors (Lipinski definition) is 4. The monoisotopic (exact) mass is 538 g/mol. The van der Waals surface area contributed by atoms with Crippen molar-refractivity contribution in [2.24, 2.45) is 0 Å². The minimum atomic E-state index is -4.99. The van der Waals surface area contributed by atoms with Crippen molar-refractivity contribution in [3.63, 3.8) is 0 Å². The SMILES string of the molecule is Cc1cccc2c1[nH]c1c3ccc(-c4[nH]c5ccccc5c4OS(=O)(=O)O)c(OS(=O)(=O)O)c3ccc21. The summed E-state index contributed by atoms with van der Waals surface area (Å²) in [5.74, 6) is -0.524. The van der Waals surface area contributed by atoms with E-state index >= 15 is 0 Å². The number of fused-ring (bicyclic) bond motifs is 6. The van der Waals surface area contributed by atoms with Gasteiger partial charge >= 0.3 is 20.8 Å². The van der Waals surface area contributed by atoms with Gasteiger partial charge in [-0.2, -0.15) is 16.8 Å². The van der Waals surface area contributed by atoms with Crippen LogP contribution in [0.1, 0.15) is 5.56 Å². The number of hydrogen-bond acceptors (Lipinski definition) is 6. The fourth-order valence-electron chi connectivity index (χ4n) is 4.81. The van der Waals surface area contributed by atoms with Gasteiger partial charge in [-0.05, 0) is 36.8 Å². The van der Waals surface area contributed by atoms with Crippen LogP contribution in [0.25, 0.3) is 54.7 Å². The molecule has 10 nitrogen and oxygen atoms in total. The smallest absolute Gasteiger partial charge is 0.360 e. The lowest BCUT2D eigenvalue weighted by atomic mass is 10.00. The molecule has 0 atom stereocenters. The highest BCUT2D eigenvalue weighted by atomic mass is 32.3. The number of aromatic nitrogens is 2. The van der Waals surface area contributed by atoms with E-state index in [1.54, 1.807) is 42.5 Å². The van der Waals surface area contributed by atoms with Gasteiger partial charge in [-0.15, -0.1) is 0 Å². The van der Waals surface area contributed by atoms with Crippen LogP contribution in [0.2, 0.25) is 0 Å². The van der Waals surface area contributed by atoms with Crippen LogP contribution in [0.3, 0.4) is 0 Å². The summed E-state index contributed by atoms with van der Waals surface area (Å²) in [4.78, 5) is 6.39. The molecule has 0 spiro atoms. The molecule has 0 fully saturated rings. The third kappa shape index (κ3) is 3.96. The van der Waals surface area contributed by atoms with E-state index in [0.29, 0.717) is 21.7 Å². The van der Waals surface area contributed by atoms with Gasteiger partial charge in [-0.25, -0.2) is 0 Å². The molecule has 4 N–H and O–H groups in total. The number of rotatable bonds is 5. The lowest BCUT2D eigenvalue weighted by Gasteiger charge is -2.13. The zero-order chi connectivity index (χ0) is 26.1. The van der Waals surface area contributed by atoms with E-state index in [4.69, 9.17) is 8.37 Å². The quantitative estimate of drug-likeness (QED) is 0.215. The van der Waals surface area contributed by atoms with Crippen LogP contribution in [-0.2, 0) is 20.8 Å². The van der Waals surface area contributed by atoms with Crippen LogP contribution in [0.5, 0.6) is 11.5 Å². The molecule has 6 rings (SSSR count). The minimum Gasteiger partial charge on any atom is -0.360 e. The summed E-state index contributed by atoms with van der Waals surface area (Å²) in [5.41, 5.74) is 3.22. The Hall–Kier alpha value is -4.10. The van der Waals surface area contributed by atoms with Crippen molar-refractivity contribution in [3.8, 4) is 22.8 Å². The first-order valence-corrected chi connectivity index (χ1v) is 13.6. The molecule has 0 bridgehead atoms. The molecule has 0 aliphatic carbocycles. The molecular weight excluding hydrogens is 520 g/mol. The largest absolute Gasteiger partial charge is 0.446 e. The molecular formula is C25H18N2O8S2. The predicted molar refractivity (Wildman–Crippen MR) is 140 cm³/mol. The second kappa shape index (κ2) is 7.95. The molecule has 37 heavy (non-hydrogen) atoms. The van der Waals surface area contributed by atoms with Crippen molar-refractivity contribution in [3.05, 3.63) is 72.3 Å².